The van der Waals surface area contributed by atoms with Crippen LogP contribution in [0.5, 0.6) is 0 Å². The molecule has 0 saturated heterocycles. The van der Waals surface area contributed by atoms with Gasteiger partial charge < -0.3 is 5.32 Å². The van der Waals surface area contributed by atoms with Crippen LogP contribution in [0, 0.1) is 0 Å². The van der Waals surface area contributed by atoms with Gasteiger partial charge in [0.2, 0.25) is 5.28 Å². The lowest BCUT2D eigenvalue weighted by atomic mass is 10.3. The zero-order valence-corrected chi connectivity index (χ0v) is 10.2. The van der Waals surface area contributed by atoms with Crippen molar-refractivity contribution in [2.45, 2.75) is 6.54 Å². The zero-order chi connectivity index (χ0) is 11.7. The summed E-state index contributed by atoms with van der Waals surface area (Å²) in [6.07, 6.45) is 1.71. The van der Waals surface area contributed by atoms with Crippen LogP contribution in [0.1, 0.15) is 5.69 Å². The number of nitrogens with one attached hydrogen (secondary N) is 2. The van der Waals surface area contributed by atoms with E-state index in [1.807, 2.05) is 17.5 Å². The first-order valence-electron chi connectivity index (χ1n) is 4.96. The molecule has 0 aromatic carbocycles. The molecular weight excluding hydrogens is 258 g/mol. The topological polar surface area (TPSA) is 66.5 Å². The maximum Gasteiger partial charge on any atom is 0.225 e. The largest absolute Gasteiger partial charge is 0.364 e. The second-order valence-corrected chi connectivity index (χ2v) is 4.65. The first-order valence-corrected chi connectivity index (χ1v) is 6.21. The summed E-state index contributed by atoms with van der Waals surface area (Å²) in [7, 11) is 0. The van der Waals surface area contributed by atoms with Gasteiger partial charge in [0, 0.05) is 6.20 Å². The molecule has 5 nitrogen and oxygen atoms in total. The van der Waals surface area contributed by atoms with Gasteiger partial charge in [0.25, 0.3) is 0 Å². The Morgan fingerprint density at radius 3 is 3.12 bits per heavy atom. The number of H-pyrrole nitrogens is 1. The summed E-state index contributed by atoms with van der Waals surface area (Å²) in [6.45, 7) is 0.623. The van der Waals surface area contributed by atoms with Crippen LogP contribution in [0.3, 0.4) is 0 Å². The van der Waals surface area contributed by atoms with Crippen LogP contribution in [-0.4, -0.2) is 20.2 Å². The summed E-state index contributed by atoms with van der Waals surface area (Å²) in [5, 5.41) is 13.2. The van der Waals surface area contributed by atoms with Gasteiger partial charge in [0.1, 0.15) is 10.6 Å². The molecule has 0 saturated carbocycles. The third-order valence-electron chi connectivity index (χ3n) is 2.30. The molecule has 0 aliphatic heterocycles. The Balaban J connectivity index is 1.91. The molecule has 0 bridgehead atoms. The van der Waals surface area contributed by atoms with E-state index in [4.69, 9.17) is 11.6 Å². The summed E-state index contributed by atoms with van der Waals surface area (Å²) >= 11 is 7.41. The predicted octanol–water partition coefficient (Wildman–Crippen LogP) is 2.68. The molecule has 17 heavy (non-hydrogen) atoms. The van der Waals surface area contributed by atoms with E-state index in [2.05, 4.69) is 25.5 Å². The number of anilines is 1. The number of fused-ring (bicyclic) bond motifs is 1. The monoisotopic (exact) mass is 265 g/mol. The molecule has 3 heterocycles. The Morgan fingerprint density at radius 1 is 1.35 bits per heavy atom. The maximum absolute atomic E-state index is 5.87. The lowest BCUT2D eigenvalue weighted by Gasteiger charge is -2.05. The molecule has 0 amide bonds. The third kappa shape index (κ3) is 2.09. The van der Waals surface area contributed by atoms with Crippen LogP contribution < -0.4 is 5.32 Å². The molecule has 0 atom stereocenters. The van der Waals surface area contributed by atoms with Crippen molar-refractivity contribution in [2.24, 2.45) is 0 Å². The van der Waals surface area contributed by atoms with Crippen LogP contribution in [0.4, 0.5) is 5.82 Å². The molecule has 0 aliphatic carbocycles. The lowest BCUT2D eigenvalue weighted by molar-refractivity contribution is 0.975. The van der Waals surface area contributed by atoms with Crippen molar-refractivity contribution >= 4 is 39.0 Å². The van der Waals surface area contributed by atoms with E-state index >= 15 is 0 Å². The summed E-state index contributed by atoms with van der Waals surface area (Å²) in [6, 6.07) is 3.88. The van der Waals surface area contributed by atoms with E-state index in [0.717, 1.165) is 21.7 Å². The smallest absolute Gasteiger partial charge is 0.225 e. The molecule has 0 spiro atoms. The van der Waals surface area contributed by atoms with Crippen molar-refractivity contribution in [2.75, 3.05) is 5.32 Å². The molecule has 86 valence electrons. The fourth-order valence-electron chi connectivity index (χ4n) is 1.53. The third-order valence-corrected chi connectivity index (χ3v) is 3.28. The predicted molar refractivity (Wildman–Crippen MR) is 68.3 cm³/mol. The highest BCUT2D eigenvalue weighted by Gasteiger charge is 2.07. The van der Waals surface area contributed by atoms with Crippen molar-refractivity contribution in [3.63, 3.8) is 0 Å². The van der Waals surface area contributed by atoms with Crippen molar-refractivity contribution < 1.29 is 0 Å². The van der Waals surface area contributed by atoms with Crippen molar-refractivity contribution in [3.8, 4) is 0 Å². The highest BCUT2D eigenvalue weighted by Crippen LogP contribution is 2.26. The minimum Gasteiger partial charge on any atom is -0.364 e. The van der Waals surface area contributed by atoms with Gasteiger partial charge in [-0.3, -0.25) is 5.10 Å². The number of hydrogen-bond donors (Lipinski definition) is 2. The Morgan fingerprint density at radius 2 is 2.29 bits per heavy atom. The summed E-state index contributed by atoms with van der Waals surface area (Å²) in [5.74, 6) is 0.746. The molecule has 0 unspecified atom stereocenters. The summed E-state index contributed by atoms with van der Waals surface area (Å²) in [5.41, 5.74) is 0.989. The van der Waals surface area contributed by atoms with E-state index in [1.54, 1.807) is 17.5 Å². The molecule has 2 N–H and O–H groups in total. The van der Waals surface area contributed by atoms with Crippen LogP contribution in [0.25, 0.3) is 10.2 Å². The van der Waals surface area contributed by atoms with E-state index in [9.17, 15) is 0 Å². The van der Waals surface area contributed by atoms with Gasteiger partial charge in [0.15, 0.2) is 0 Å². The van der Waals surface area contributed by atoms with E-state index in [1.165, 1.54) is 0 Å². The molecule has 3 rings (SSSR count). The Kier molecular flexibility index (Phi) is 2.66. The lowest BCUT2D eigenvalue weighted by Crippen LogP contribution is -2.02. The Hall–Kier alpha value is -1.66. The maximum atomic E-state index is 5.87. The highest BCUT2D eigenvalue weighted by molar-refractivity contribution is 7.16. The molecule has 3 aromatic rings. The van der Waals surface area contributed by atoms with Gasteiger partial charge in [-0.05, 0) is 29.1 Å². The quantitative estimate of drug-likeness (QED) is 0.715. The van der Waals surface area contributed by atoms with Crippen LogP contribution in [-0.2, 0) is 6.54 Å². The Bertz CT molecular complexity index is 633. The van der Waals surface area contributed by atoms with Crippen LogP contribution in [0.2, 0.25) is 5.28 Å². The van der Waals surface area contributed by atoms with Gasteiger partial charge in [-0.25, -0.2) is 9.97 Å². The number of aromatic nitrogens is 4. The zero-order valence-electron chi connectivity index (χ0n) is 8.64. The van der Waals surface area contributed by atoms with Crippen molar-refractivity contribution in [1.29, 1.82) is 0 Å². The molecule has 0 aliphatic rings. The van der Waals surface area contributed by atoms with Gasteiger partial charge in [-0.1, -0.05) is 0 Å². The number of nitrogens with zero attached hydrogens (tertiary/aromatic N) is 3. The second kappa shape index (κ2) is 4.31. The van der Waals surface area contributed by atoms with Gasteiger partial charge in [0.05, 0.1) is 17.6 Å². The van der Waals surface area contributed by atoms with Crippen LogP contribution >= 0.6 is 22.9 Å². The molecule has 3 aromatic heterocycles. The van der Waals surface area contributed by atoms with E-state index in [-0.39, 0.29) is 5.28 Å². The number of hydrogen-bond acceptors (Lipinski definition) is 5. The minimum absolute atomic E-state index is 0.257. The molecule has 0 fully saturated rings. The summed E-state index contributed by atoms with van der Waals surface area (Å²) < 4.78 is 0. The standard InChI is InChI=1S/C10H8ClN5S/c11-10-14-8(7-2-4-17-9(7)15-10)12-5-6-1-3-13-16-6/h1-4H,5H2,(H,13,16)(H,12,14,15). The van der Waals surface area contributed by atoms with Gasteiger partial charge >= 0.3 is 0 Å². The molecule has 7 heteroatoms. The van der Waals surface area contributed by atoms with Gasteiger partial charge in [-0.15, -0.1) is 11.3 Å². The Labute approximate surface area is 106 Å². The number of halogens is 1. The average molecular weight is 266 g/mol. The SMILES string of the molecule is Clc1nc(NCc2ccn[nH]2)c2ccsc2n1. The van der Waals surface area contributed by atoms with Crippen LogP contribution in [0.15, 0.2) is 23.7 Å². The number of rotatable bonds is 3. The number of thiophene rings is 1. The fourth-order valence-corrected chi connectivity index (χ4v) is 2.51. The first-order chi connectivity index (χ1) is 8.33. The average Bonchev–Trinajstić information content (AvgIpc) is 2.95. The van der Waals surface area contributed by atoms with Gasteiger partial charge in [-0.2, -0.15) is 5.10 Å². The minimum atomic E-state index is 0.257. The van der Waals surface area contributed by atoms with Crippen molar-refractivity contribution in [3.05, 3.63) is 34.7 Å². The molecular formula is C10H8ClN5S. The highest BCUT2D eigenvalue weighted by atomic mass is 35.5. The van der Waals surface area contributed by atoms with E-state index in [0.29, 0.717) is 6.54 Å². The van der Waals surface area contributed by atoms with Crippen molar-refractivity contribution in [1.82, 2.24) is 20.2 Å². The normalized spacial score (nSPS) is 10.9. The molecule has 0 radical (unpaired) electrons. The fraction of sp³-hybridized carbons (Fsp3) is 0.100. The summed E-state index contributed by atoms with van der Waals surface area (Å²) in [4.78, 5) is 9.23. The van der Waals surface area contributed by atoms with E-state index < -0.39 is 0 Å². The second-order valence-electron chi connectivity index (χ2n) is 3.42. The number of aromatic amines is 1. The first kappa shape index (κ1) is 10.5.